The molecule has 3 amide bonds. The first kappa shape index (κ1) is 18.9. The molecule has 2 aliphatic carbocycles. The fourth-order valence-electron chi connectivity index (χ4n) is 4.65. The quantitative estimate of drug-likeness (QED) is 0.400. The number of nitrogens with zero attached hydrogens (tertiary/aromatic N) is 2. The molecule has 4 fully saturated rings. The van der Waals surface area contributed by atoms with Crippen molar-refractivity contribution < 1.29 is 31.7 Å². The number of piperidine rings is 1. The molecule has 27 heavy (non-hydrogen) atoms. The van der Waals surface area contributed by atoms with E-state index in [2.05, 4.69) is 15.1 Å². The highest BCUT2D eigenvalue weighted by Crippen LogP contribution is 2.59. The van der Waals surface area contributed by atoms with Crippen LogP contribution in [0.2, 0.25) is 0 Å². The number of hydrogen-bond donors (Lipinski definition) is 3. The summed E-state index contributed by atoms with van der Waals surface area (Å²) in [7, 11) is -2.98. The predicted molar refractivity (Wildman–Crippen MR) is 90.1 cm³/mol. The van der Waals surface area contributed by atoms with Crippen molar-refractivity contribution in [3.63, 3.8) is 0 Å². The van der Waals surface area contributed by atoms with Gasteiger partial charge >= 0.3 is 16.4 Å². The van der Waals surface area contributed by atoms with Crippen LogP contribution >= 0.6 is 0 Å². The van der Waals surface area contributed by atoms with Crippen molar-refractivity contribution in [2.75, 3.05) is 13.6 Å². The van der Waals surface area contributed by atoms with E-state index in [1.54, 1.807) is 0 Å². The minimum Gasteiger partial charge on any atom is -0.314 e. The van der Waals surface area contributed by atoms with E-state index in [4.69, 9.17) is 9.39 Å². The number of carbonyl (C=O) groups is 2. The van der Waals surface area contributed by atoms with Gasteiger partial charge in [-0.05, 0) is 51.0 Å². The Morgan fingerprint density at radius 2 is 2.07 bits per heavy atom. The van der Waals surface area contributed by atoms with Gasteiger partial charge in [0.25, 0.3) is 5.91 Å². The summed E-state index contributed by atoms with van der Waals surface area (Å²) >= 11 is 0. The van der Waals surface area contributed by atoms with Gasteiger partial charge in [-0.15, -0.1) is 4.28 Å². The second-order valence-corrected chi connectivity index (χ2v) is 8.81. The number of nitrogens with one attached hydrogen (secondary N) is 2. The second kappa shape index (κ2) is 6.55. The minimum atomic E-state index is -4.82. The molecule has 0 aromatic rings. The van der Waals surface area contributed by atoms with Crippen molar-refractivity contribution in [1.29, 1.82) is 0 Å². The van der Waals surface area contributed by atoms with Gasteiger partial charge in [-0.3, -0.25) is 14.2 Å². The van der Waals surface area contributed by atoms with Gasteiger partial charge in [0, 0.05) is 12.6 Å². The van der Waals surface area contributed by atoms with Crippen molar-refractivity contribution in [1.82, 2.24) is 20.8 Å². The smallest absolute Gasteiger partial charge is 0.314 e. The number of amides is 3. The Balaban J connectivity index is 1.45. The van der Waals surface area contributed by atoms with Gasteiger partial charge in [-0.25, -0.2) is 10.3 Å². The van der Waals surface area contributed by atoms with Crippen LogP contribution in [0.15, 0.2) is 0 Å². The highest BCUT2D eigenvalue weighted by molar-refractivity contribution is 7.80. The van der Waals surface area contributed by atoms with Crippen molar-refractivity contribution in [2.24, 2.45) is 5.41 Å². The van der Waals surface area contributed by atoms with E-state index >= 15 is 0 Å². The molecule has 0 radical (unpaired) electrons. The summed E-state index contributed by atoms with van der Waals surface area (Å²) in [5, 5.41) is 3.86. The fraction of sp³-hybridized carbons (Fsp3) is 0.867. The Hall–Kier alpha value is -1.47. The van der Waals surface area contributed by atoms with E-state index < -0.39 is 34.4 Å². The molecular weight excluding hydrogens is 380 g/mol. The van der Waals surface area contributed by atoms with Crippen LogP contribution in [0.1, 0.15) is 38.5 Å². The van der Waals surface area contributed by atoms with Gasteiger partial charge in [0.1, 0.15) is 12.1 Å². The third-order valence-corrected chi connectivity index (χ3v) is 6.62. The maximum atomic E-state index is 12.7. The van der Waals surface area contributed by atoms with E-state index in [1.807, 2.05) is 7.05 Å². The van der Waals surface area contributed by atoms with E-state index in [0.717, 1.165) is 32.1 Å². The SMILES string of the molecule is CNC1CCCC1ONC(=O)[C@@H]1CC2(CC2)[C@@H]2CN1C(=O)N2OS(=O)(=O)O. The molecule has 152 valence electrons. The number of likely N-dealkylation sites (N-methyl/N-ethyl adjacent to an activating group) is 1. The Bertz CT molecular complexity index is 740. The lowest BCUT2D eigenvalue weighted by molar-refractivity contribution is -0.145. The first-order chi connectivity index (χ1) is 12.7. The Labute approximate surface area is 157 Å². The normalized spacial score (nSPS) is 34.4. The van der Waals surface area contributed by atoms with Crippen LogP contribution in [0.3, 0.4) is 0 Å². The molecule has 0 aromatic heterocycles. The van der Waals surface area contributed by atoms with Crippen molar-refractivity contribution in [3.05, 3.63) is 0 Å². The predicted octanol–water partition coefficient (Wildman–Crippen LogP) is -0.432. The van der Waals surface area contributed by atoms with Crippen LogP contribution in [-0.4, -0.2) is 72.7 Å². The standard InChI is InChI=1S/C15H24N4O7S/c1-16-9-3-2-4-11(9)25-17-13(20)10-7-15(5-6-15)12-8-18(10)14(21)19(12)26-27(22,23)24/h9-12,16H,2-8H2,1H3,(H,17,20)(H,22,23,24)/t9?,10-,11?,12-/m0/s1. The number of fused-ring (bicyclic) bond motifs is 3. The molecule has 2 aliphatic heterocycles. The molecule has 11 nitrogen and oxygen atoms in total. The van der Waals surface area contributed by atoms with E-state index in [-0.39, 0.29) is 24.1 Å². The maximum absolute atomic E-state index is 12.7. The Kier molecular flexibility index (Phi) is 4.58. The molecule has 4 atom stereocenters. The summed E-state index contributed by atoms with van der Waals surface area (Å²) in [6, 6.07) is -1.83. The average Bonchev–Trinajstić information content (AvgIpc) is 3.12. The number of hydroxylamine groups is 3. The largest absolute Gasteiger partial charge is 0.418 e. The molecular formula is C15H24N4O7S. The van der Waals surface area contributed by atoms with Crippen LogP contribution in [-0.2, 0) is 24.3 Å². The Morgan fingerprint density at radius 3 is 2.70 bits per heavy atom. The third kappa shape index (κ3) is 3.40. The zero-order chi connectivity index (χ0) is 19.4. The third-order valence-electron chi connectivity index (χ3n) is 6.27. The highest BCUT2D eigenvalue weighted by Gasteiger charge is 2.65. The maximum Gasteiger partial charge on any atom is 0.418 e. The highest BCUT2D eigenvalue weighted by atomic mass is 32.3. The number of hydrogen-bond acceptors (Lipinski definition) is 7. The van der Waals surface area contributed by atoms with Gasteiger partial charge in [0.2, 0.25) is 0 Å². The molecule has 1 spiro atoms. The molecule has 4 rings (SSSR count). The summed E-state index contributed by atoms with van der Waals surface area (Å²) in [4.78, 5) is 32.1. The topological polar surface area (TPSA) is 138 Å². The summed E-state index contributed by atoms with van der Waals surface area (Å²) in [6.45, 7) is 0.176. The van der Waals surface area contributed by atoms with Crippen molar-refractivity contribution >= 4 is 22.3 Å². The lowest BCUT2D eigenvalue weighted by Gasteiger charge is -2.35. The average molecular weight is 404 g/mol. The van der Waals surface area contributed by atoms with Crippen LogP contribution in [0.4, 0.5) is 4.79 Å². The molecule has 4 aliphatic rings. The van der Waals surface area contributed by atoms with Crippen LogP contribution < -0.4 is 10.8 Å². The van der Waals surface area contributed by atoms with Crippen molar-refractivity contribution in [3.8, 4) is 0 Å². The van der Waals surface area contributed by atoms with Gasteiger partial charge in [-0.2, -0.15) is 13.5 Å². The molecule has 2 heterocycles. The zero-order valence-corrected chi connectivity index (χ0v) is 15.8. The first-order valence-electron chi connectivity index (χ1n) is 9.14. The summed E-state index contributed by atoms with van der Waals surface area (Å²) in [6.07, 6.45) is 4.62. The zero-order valence-electron chi connectivity index (χ0n) is 15.0. The molecule has 0 aromatic carbocycles. The van der Waals surface area contributed by atoms with Crippen LogP contribution in [0, 0.1) is 5.41 Å². The van der Waals surface area contributed by atoms with E-state index in [0.29, 0.717) is 11.5 Å². The fourth-order valence-corrected chi connectivity index (χ4v) is 5.02. The number of rotatable bonds is 6. The minimum absolute atomic E-state index is 0.126. The van der Waals surface area contributed by atoms with Gasteiger partial charge in [0.05, 0.1) is 6.04 Å². The summed E-state index contributed by atoms with van der Waals surface area (Å²) in [5.74, 6) is -0.427. The van der Waals surface area contributed by atoms with Gasteiger partial charge in [-0.1, -0.05) is 0 Å². The number of carbonyl (C=O) groups excluding carboxylic acids is 2. The first-order valence-corrected chi connectivity index (χ1v) is 10.5. The second-order valence-electron chi connectivity index (χ2n) is 7.81. The molecule has 12 heteroatoms. The number of urea groups is 1. The van der Waals surface area contributed by atoms with Crippen LogP contribution in [0.25, 0.3) is 0 Å². The molecule has 2 unspecified atom stereocenters. The van der Waals surface area contributed by atoms with Crippen LogP contribution in [0.5, 0.6) is 0 Å². The molecule has 2 saturated carbocycles. The molecule has 2 saturated heterocycles. The van der Waals surface area contributed by atoms with Gasteiger partial charge in [0.15, 0.2) is 0 Å². The Morgan fingerprint density at radius 1 is 1.33 bits per heavy atom. The van der Waals surface area contributed by atoms with E-state index in [9.17, 15) is 18.0 Å². The van der Waals surface area contributed by atoms with Crippen molar-refractivity contribution in [2.45, 2.75) is 62.8 Å². The summed E-state index contributed by atoms with van der Waals surface area (Å²) < 4.78 is 35.6. The monoisotopic (exact) mass is 404 g/mol. The molecule has 3 N–H and O–H groups in total. The van der Waals surface area contributed by atoms with E-state index in [1.165, 1.54) is 4.90 Å². The molecule has 2 bridgehead atoms. The summed E-state index contributed by atoms with van der Waals surface area (Å²) in [5.41, 5.74) is 2.13. The lowest BCUT2D eigenvalue weighted by Crippen LogP contribution is -2.53. The van der Waals surface area contributed by atoms with Gasteiger partial charge < -0.3 is 10.2 Å². The lowest BCUT2D eigenvalue weighted by atomic mass is 9.85.